The molecule has 2 heterocycles. The van der Waals surface area contributed by atoms with Crippen molar-refractivity contribution in [3.63, 3.8) is 0 Å². The van der Waals surface area contributed by atoms with Crippen molar-refractivity contribution in [3.8, 4) is 6.07 Å². The summed E-state index contributed by atoms with van der Waals surface area (Å²) in [5.41, 5.74) is 2.92. The summed E-state index contributed by atoms with van der Waals surface area (Å²) >= 11 is 0. The van der Waals surface area contributed by atoms with Crippen molar-refractivity contribution in [1.29, 1.82) is 5.26 Å². The van der Waals surface area contributed by atoms with Gasteiger partial charge in [-0.3, -0.25) is 9.78 Å². The number of pyridine rings is 1. The standard InChI is InChI=1S/C21H14N6O/c22-12-14-6-8-16(9-7-14)26-21(28)18-11-19(25-13-24-18)27-17-5-1-3-15-4-2-10-23-20(15)17/h1-11,13H,(H,26,28)(H,24,25,27). The molecule has 4 rings (SSSR count). The number of hydrogen-bond donors (Lipinski definition) is 2. The largest absolute Gasteiger partial charge is 0.338 e. The predicted molar refractivity (Wildman–Crippen MR) is 106 cm³/mol. The molecule has 2 N–H and O–H groups in total. The van der Waals surface area contributed by atoms with Gasteiger partial charge < -0.3 is 10.6 Å². The molecule has 0 atom stereocenters. The van der Waals surface area contributed by atoms with Gasteiger partial charge in [0.2, 0.25) is 0 Å². The number of anilines is 3. The van der Waals surface area contributed by atoms with Crippen molar-refractivity contribution in [2.45, 2.75) is 0 Å². The Morgan fingerprint density at radius 1 is 0.964 bits per heavy atom. The van der Waals surface area contributed by atoms with Crippen molar-refractivity contribution in [2.24, 2.45) is 0 Å². The lowest BCUT2D eigenvalue weighted by Crippen LogP contribution is -2.14. The first-order valence-corrected chi connectivity index (χ1v) is 8.47. The topological polar surface area (TPSA) is 104 Å². The Balaban J connectivity index is 1.55. The highest BCUT2D eigenvalue weighted by Crippen LogP contribution is 2.23. The number of carbonyl (C=O) groups is 1. The first-order valence-electron chi connectivity index (χ1n) is 8.47. The summed E-state index contributed by atoms with van der Waals surface area (Å²) in [5, 5.41) is 15.8. The summed E-state index contributed by atoms with van der Waals surface area (Å²) in [5.74, 6) is 0.115. The molecule has 0 aliphatic heterocycles. The first kappa shape index (κ1) is 17.1. The fraction of sp³-hybridized carbons (Fsp3) is 0. The molecule has 7 heteroatoms. The molecule has 0 bridgehead atoms. The summed E-state index contributed by atoms with van der Waals surface area (Å²) < 4.78 is 0. The van der Waals surface area contributed by atoms with Crippen LogP contribution in [0.15, 0.2) is 73.2 Å². The number of aromatic nitrogens is 3. The lowest BCUT2D eigenvalue weighted by molar-refractivity contribution is 0.102. The van der Waals surface area contributed by atoms with Gasteiger partial charge in [0.25, 0.3) is 5.91 Å². The number of hydrogen-bond acceptors (Lipinski definition) is 6. The first-order chi connectivity index (χ1) is 13.7. The van der Waals surface area contributed by atoms with Gasteiger partial charge in [-0.25, -0.2) is 9.97 Å². The molecule has 4 aromatic rings. The number of benzene rings is 2. The highest BCUT2D eigenvalue weighted by molar-refractivity contribution is 6.03. The monoisotopic (exact) mass is 366 g/mol. The van der Waals surface area contributed by atoms with Crippen molar-refractivity contribution >= 4 is 34.0 Å². The highest BCUT2D eigenvalue weighted by Gasteiger charge is 2.10. The van der Waals surface area contributed by atoms with Gasteiger partial charge in [-0.15, -0.1) is 0 Å². The number of rotatable bonds is 4. The Bertz CT molecular complexity index is 1190. The molecule has 7 nitrogen and oxygen atoms in total. The lowest BCUT2D eigenvalue weighted by atomic mass is 10.2. The number of nitrogens with one attached hydrogen (secondary N) is 2. The van der Waals surface area contributed by atoms with E-state index in [1.807, 2.05) is 36.4 Å². The molecule has 0 saturated heterocycles. The second kappa shape index (κ2) is 7.51. The summed E-state index contributed by atoms with van der Waals surface area (Å²) in [6.07, 6.45) is 3.05. The minimum atomic E-state index is -0.369. The van der Waals surface area contributed by atoms with E-state index in [0.29, 0.717) is 17.1 Å². The molecule has 0 spiro atoms. The van der Waals surface area contributed by atoms with Crippen molar-refractivity contribution in [2.75, 3.05) is 10.6 Å². The van der Waals surface area contributed by atoms with Gasteiger partial charge in [-0.05, 0) is 36.4 Å². The zero-order valence-corrected chi connectivity index (χ0v) is 14.6. The van der Waals surface area contributed by atoms with Crippen LogP contribution in [0.3, 0.4) is 0 Å². The molecule has 2 aromatic carbocycles. The van der Waals surface area contributed by atoms with Gasteiger partial charge in [0.15, 0.2) is 0 Å². The van der Waals surface area contributed by atoms with E-state index in [1.54, 1.807) is 36.5 Å². The predicted octanol–water partition coefficient (Wildman–Crippen LogP) is 3.89. The fourth-order valence-electron chi connectivity index (χ4n) is 2.72. The molecule has 28 heavy (non-hydrogen) atoms. The van der Waals surface area contributed by atoms with E-state index >= 15 is 0 Å². The maximum absolute atomic E-state index is 12.5. The molecule has 0 saturated carbocycles. The molecule has 2 aromatic heterocycles. The zero-order chi connectivity index (χ0) is 19.3. The van der Waals surface area contributed by atoms with E-state index in [0.717, 1.165) is 16.6 Å². The van der Waals surface area contributed by atoms with E-state index in [2.05, 4.69) is 25.6 Å². The average molecular weight is 366 g/mol. The number of amides is 1. The van der Waals surface area contributed by atoms with Crippen LogP contribution >= 0.6 is 0 Å². The van der Waals surface area contributed by atoms with Crippen LogP contribution in [0.5, 0.6) is 0 Å². The number of nitrogens with zero attached hydrogens (tertiary/aromatic N) is 4. The third-order valence-electron chi connectivity index (χ3n) is 4.07. The van der Waals surface area contributed by atoms with Crippen LogP contribution in [0, 0.1) is 11.3 Å². The zero-order valence-electron chi connectivity index (χ0n) is 14.6. The summed E-state index contributed by atoms with van der Waals surface area (Å²) in [6, 6.07) is 19.9. The summed E-state index contributed by atoms with van der Waals surface area (Å²) in [6.45, 7) is 0. The number of para-hydroxylation sites is 1. The molecule has 0 fully saturated rings. The van der Waals surface area contributed by atoms with Crippen molar-refractivity contribution in [1.82, 2.24) is 15.0 Å². The quantitative estimate of drug-likeness (QED) is 0.568. The van der Waals surface area contributed by atoms with Crippen LogP contribution in [-0.4, -0.2) is 20.9 Å². The van der Waals surface area contributed by atoms with E-state index in [-0.39, 0.29) is 11.6 Å². The van der Waals surface area contributed by atoms with Crippen LogP contribution in [0.1, 0.15) is 16.1 Å². The number of nitriles is 1. The Morgan fingerprint density at radius 3 is 2.61 bits per heavy atom. The molecule has 0 aliphatic rings. The van der Waals surface area contributed by atoms with Crippen molar-refractivity contribution in [3.05, 3.63) is 84.4 Å². The van der Waals surface area contributed by atoms with Gasteiger partial charge in [-0.2, -0.15) is 5.26 Å². The minimum absolute atomic E-state index is 0.218. The van der Waals surface area contributed by atoms with Crippen LogP contribution in [0.4, 0.5) is 17.2 Å². The molecule has 0 unspecified atom stereocenters. The lowest BCUT2D eigenvalue weighted by Gasteiger charge is -2.09. The third-order valence-corrected chi connectivity index (χ3v) is 4.07. The smallest absolute Gasteiger partial charge is 0.274 e. The van der Waals surface area contributed by atoms with Crippen molar-refractivity contribution < 1.29 is 4.79 Å². The van der Waals surface area contributed by atoms with E-state index in [4.69, 9.17) is 5.26 Å². The maximum atomic E-state index is 12.5. The van der Waals surface area contributed by atoms with Crippen LogP contribution in [0.2, 0.25) is 0 Å². The van der Waals surface area contributed by atoms with Crippen LogP contribution < -0.4 is 10.6 Å². The molecular formula is C21H14N6O. The van der Waals surface area contributed by atoms with E-state index in [1.165, 1.54) is 6.33 Å². The Hall–Kier alpha value is -4.31. The molecule has 0 aliphatic carbocycles. The highest BCUT2D eigenvalue weighted by atomic mass is 16.1. The SMILES string of the molecule is N#Cc1ccc(NC(=O)c2cc(Nc3cccc4cccnc34)ncn2)cc1. The Morgan fingerprint density at radius 2 is 1.79 bits per heavy atom. The molecule has 1 amide bonds. The van der Waals surface area contributed by atoms with Gasteiger partial charge >= 0.3 is 0 Å². The van der Waals surface area contributed by atoms with Gasteiger partial charge in [0.05, 0.1) is 22.8 Å². The second-order valence-electron chi connectivity index (χ2n) is 5.94. The molecule has 0 radical (unpaired) electrons. The van der Waals surface area contributed by atoms with E-state index in [9.17, 15) is 4.79 Å². The van der Waals surface area contributed by atoms with Crippen LogP contribution in [-0.2, 0) is 0 Å². The average Bonchev–Trinajstić information content (AvgIpc) is 2.75. The van der Waals surface area contributed by atoms with E-state index < -0.39 is 0 Å². The normalized spacial score (nSPS) is 10.2. The maximum Gasteiger partial charge on any atom is 0.274 e. The Labute approximate surface area is 160 Å². The van der Waals surface area contributed by atoms with Gasteiger partial charge in [0, 0.05) is 23.3 Å². The number of fused-ring (bicyclic) bond motifs is 1. The summed E-state index contributed by atoms with van der Waals surface area (Å²) in [7, 11) is 0. The van der Waals surface area contributed by atoms with Gasteiger partial charge in [0.1, 0.15) is 17.8 Å². The molecular weight excluding hydrogens is 352 g/mol. The third kappa shape index (κ3) is 3.61. The Kier molecular flexibility index (Phi) is 4.59. The number of carbonyl (C=O) groups excluding carboxylic acids is 1. The van der Waals surface area contributed by atoms with Crippen LogP contribution in [0.25, 0.3) is 10.9 Å². The second-order valence-corrected chi connectivity index (χ2v) is 5.94. The summed E-state index contributed by atoms with van der Waals surface area (Å²) in [4.78, 5) is 25.1. The minimum Gasteiger partial charge on any atom is -0.338 e. The fourth-order valence-corrected chi connectivity index (χ4v) is 2.72. The van der Waals surface area contributed by atoms with Gasteiger partial charge in [-0.1, -0.05) is 18.2 Å². The molecule has 134 valence electrons.